The van der Waals surface area contributed by atoms with Crippen molar-refractivity contribution in [3.8, 4) is 0 Å². The van der Waals surface area contributed by atoms with Crippen molar-refractivity contribution in [1.82, 2.24) is 15.2 Å². The van der Waals surface area contributed by atoms with E-state index < -0.39 is 0 Å². The first-order valence-electron chi connectivity index (χ1n) is 11.0. The minimum Gasteiger partial charge on any atom is -0.462 e. The van der Waals surface area contributed by atoms with Crippen LogP contribution in [0, 0.1) is 0 Å². The standard InChI is InChI=1S/C24H32N4O3/c1-4-19-6-8-20(9-7-19)18(3)26-23(29)17-27-12-14-28(15-13-27)22-11-10-21(16-25-22)24(30)31-5-2/h6-11,16,18H,4-5,12-15,17H2,1-3H3,(H,26,29). The van der Waals surface area contributed by atoms with E-state index in [9.17, 15) is 9.59 Å². The zero-order valence-electron chi connectivity index (χ0n) is 18.6. The molecule has 31 heavy (non-hydrogen) atoms. The lowest BCUT2D eigenvalue weighted by Crippen LogP contribution is -2.49. The number of pyridine rings is 1. The fourth-order valence-corrected chi connectivity index (χ4v) is 3.66. The maximum atomic E-state index is 12.5. The highest BCUT2D eigenvalue weighted by Crippen LogP contribution is 2.16. The molecule has 2 heterocycles. The van der Waals surface area contributed by atoms with E-state index in [1.807, 2.05) is 13.0 Å². The summed E-state index contributed by atoms with van der Waals surface area (Å²) in [6.45, 7) is 9.81. The molecule has 1 aromatic carbocycles. The number of carbonyl (C=O) groups excluding carboxylic acids is 2. The van der Waals surface area contributed by atoms with E-state index in [1.165, 1.54) is 5.56 Å². The van der Waals surface area contributed by atoms with Crippen LogP contribution in [0.1, 0.15) is 48.3 Å². The van der Waals surface area contributed by atoms with Gasteiger partial charge in [-0.1, -0.05) is 31.2 Å². The topological polar surface area (TPSA) is 74.8 Å². The van der Waals surface area contributed by atoms with Gasteiger partial charge >= 0.3 is 5.97 Å². The molecule has 0 bridgehead atoms. The number of nitrogens with one attached hydrogen (secondary N) is 1. The van der Waals surface area contributed by atoms with E-state index in [1.54, 1.807) is 19.2 Å². The van der Waals surface area contributed by atoms with E-state index in [-0.39, 0.29) is 17.9 Å². The van der Waals surface area contributed by atoms with Crippen molar-refractivity contribution >= 4 is 17.7 Å². The molecular weight excluding hydrogens is 392 g/mol. The SMILES string of the molecule is CCOC(=O)c1ccc(N2CCN(CC(=O)NC(C)c3ccc(CC)cc3)CC2)nc1. The van der Waals surface area contributed by atoms with Gasteiger partial charge in [0.25, 0.3) is 0 Å². The van der Waals surface area contributed by atoms with Crippen LogP contribution in [-0.4, -0.2) is 61.1 Å². The Balaban J connectivity index is 1.45. The molecule has 2 aromatic rings. The molecular formula is C24H32N4O3. The third kappa shape index (κ3) is 6.28. The molecule has 0 radical (unpaired) electrons. The van der Waals surface area contributed by atoms with E-state index in [2.05, 4.69) is 51.3 Å². The van der Waals surface area contributed by atoms with Crippen LogP contribution in [0.3, 0.4) is 0 Å². The summed E-state index contributed by atoms with van der Waals surface area (Å²) in [5.74, 6) is 0.520. The van der Waals surface area contributed by atoms with Crippen LogP contribution < -0.4 is 10.2 Å². The molecule has 0 spiro atoms. The van der Waals surface area contributed by atoms with Gasteiger partial charge in [0.2, 0.25) is 5.91 Å². The number of hydrogen-bond acceptors (Lipinski definition) is 6. The molecule has 1 aliphatic heterocycles. The number of aromatic nitrogens is 1. The largest absolute Gasteiger partial charge is 0.462 e. The van der Waals surface area contributed by atoms with Crippen molar-refractivity contribution in [2.75, 3.05) is 44.2 Å². The summed E-state index contributed by atoms with van der Waals surface area (Å²) in [6.07, 6.45) is 2.57. The minimum atomic E-state index is -0.354. The number of nitrogens with zero attached hydrogens (tertiary/aromatic N) is 3. The van der Waals surface area contributed by atoms with Gasteiger partial charge in [0.15, 0.2) is 0 Å². The number of aryl methyl sites for hydroxylation is 1. The Morgan fingerprint density at radius 3 is 2.35 bits per heavy atom. The summed E-state index contributed by atoms with van der Waals surface area (Å²) < 4.78 is 4.99. The molecule has 0 saturated carbocycles. The maximum Gasteiger partial charge on any atom is 0.339 e. The molecule has 7 nitrogen and oxygen atoms in total. The summed E-state index contributed by atoms with van der Waals surface area (Å²) in [4.78, 5) is 33.0. The quantitative estimate of drug-likeness (QED) is 0.657. The second-order valence-corrected chi connectivity index (χ2v) is 7.77. The molecule has 1 amide bonds. The second-order valence-electron chi connectivity index (χ2n) is 7.77. The number of ether oxygens (including phenoxy) is 1. The zero-order chi connectivity index (χ0) is 22.2. The number of piperazine rings is 1. The Labute approximate surface area is 184 Å². The summed E-state index contributed by atoms with van der Waals surface area (Å²) in [6, 6.07) is 12.0. The van der Waals surface area contributed by atoms with Crippen LogP contribution >= 0.6 is 0 Å². The maximum absolute atomic E-state index is 12.5. The van der Waals surface area contributed by atoms with Crippen LogP contribution in [0.25, 0.3) is 0 Å². The normalized spacial score (nSPS) is 15.4. The van der Waals surface area contributed by atoms with Crippen molar-refractivity contribution in [2.45, 2.75) is 33.2 Å². The molecule has 1 aliphatic rings. The molecule has 1 aromatic heterocycles. The molecule has 1 atom stereocenters. The molecule has 0 aliphatic carbocycles. The van der Waals surface area contributed by atoms with Gasteiger partial charge in [-0.25, -0.2) is 9.78 Å². The molecule has 3 rings (SSSR count). The minimum absolute atomic E-state index is 0.0122. The van der Waals surface area contributed by atoms with Crippen molar-refractivity contribution in [1.29, 1.82) is 0 Å². The van der Waals surface area contributed by atoms with Gasteiger partial charge in [0.05, 0.1) is 24.8 Å². The molecule has 1 fully saturated rings. The summed E-state index contributed by atoms with van der Waals surface area (Å²) in [5.41, 5.74) is 2.87. The Morgan fingerprint density at radius 2 is 1.77 bits per heavy atom. The third-order valence-corrected chi connectivity index (χ3v) is 5.59. The second kappa shape index (κ2) is 10.9. The highest BCUT2D eigenvalue weighted by Gasteiger charge is 2.21. The average Bonchev–Trinajstić information content (AvgIpc) is 2.80. The highest BCUT2D eigenvalue weighted by molar-refractivity contribution is 5.89. The van der Waals surface area contributed by atoms with Crippen LogP contribution in [0.2, 0.25) is 0 Å². The van der Waals surface area contributed by atoms with E-state index in [4.69, 9.17) is 4.74 Å². The summed E-state index contributed by atoms with van der Waals surface area (Å²) in [5, 5.41) is 3.10. The first-order valence-corrected chi connectivity index (χ1v) is 11.0. The van der Waals surface area contributed by atoms with Gasteiger partial charge < -0.3 is 15.0 Å². The van der Waals surface area contributed by atoms with Crippen molar-refractivity contribution in [2.24, 2.45) is 0 Å². The predicted molar refractivity (Wildman–Crippen MR) is 121 cm³/mol. The number of carbonyl (C=O) groups is 2. The van der Waals surface area contributed by atoms with Crippen LogP contribution in [-0.2, 0) is 16.0 Å². The van der Waals surface area contributed by atoms with Gasteiger partial charge in [-0.3, -0.25) is 9.69 Å². The highest BCUT2D eigenvalue weighted by atomic mass is 16.5. The van der Waals surface area contributed by atoms with E-state index >= 15 is 0 Å². The van der Waals surface area contributed by atoms with Gasteiger partial charge in [-0.2, -0.15) is 0 Å². The van der Waals surface area contributed by atoms with Crippen molar-refractivity contribution < 1.29 is 14.3 Å². The summed E-state index contributed by atoms with van der Waals surface area (Å²) in [7, 11) is 0. The number of amides is 1. The lowest BCUT2D eigenvalue weighted by molar-refractivity contribution is -0.123. The number of benzene rings is 1. The Hall–Kier alpha value is -2.93. The van der Waals surface area contributed by atoms with E-state index in [0.29, 0.717) is 18.7 Å². The van der Waals surface area contributed by atoms with Gasteiger partial charge in [0.1, 0.15) is 5.82 Å². The first-order chi connectivity index (χ1) is 15.0. The Bertz CT molecular complexity index is 859. The number of esters is 1. The third-order valence-electron chi connectivity index (χ3n) is 5.59. The Morgan fingerprint density at radius 1 is 1.06 bits per heavy atom. The van der Waals surface area contributed by atoms with Crippen LogP contribution in [0.5, 0.6) is 0 Å². The predicted octanol–water partition coefficient (Wildman–Crippen LogP) is 2.82. The lowest BCUT2D eigenvalue weighted by atomic mass is 10.1. The average molecular weight is 425 g/mol. The summed E-state index contributed by atoms with van der Waals surface area (Å²) >= 11 is 0. The van der Waals surface area contributed by atoms with E-state index in [0.717, 1.165) is 44.0 Å². The van der Waals surface area contributed by atoms with Crippen LogP contribution in [0.4, 0.5) is 5.82 Å². The van der Waals surface area contributed by atoms with Crippen molar-refractivity contribution in [3.05, 3.63) is 59.3 Å². The first kappa shape index (κ1) is 22.7. The number of hydrogen-bond donors (Lipinski definition) is 1. The molecule has 7 heteroatoms. The van der Waals surface area contributed by atoms with Crippen LogP contribution in [0.15, 0.2) is 42.6 Å². The fraction of sp³-hybridized carbons (Fsp3) is 0.458. The molecule has 1 saturated heterocycles. The monoisotopic (exact) mass is 424 g/mol. The number of anilines is 1. The Kier molecular flexibility index (Phi) is 8.00. The molecule has 1 N–H and O–H groups in total. The van der Waals surface area contributed by atoms with Gasteiger partial charge in [-0.05, 0) is 43.5 Å². The fourth-order valence-electron chi connectivity index (χ4n) is 3.66. The smallest absolute Gasteiger partial charge is 0.339 e. The molecule has 166 valence electrons. The molecule has 1 unspecified atom stereocenters. The van der Waals surface area contributed by atoms with Crippen molar-refractivity contribution in [3.63, 3.8) is 0 Å². The zero-order valence-corrected chi connectivity index (χ0v) is 18.6. The van der Waals surface area contributed by atoms with Gasteiger partial charge in [-0.15, -0.1) is 0 Å². The number of rotatable bonds is 8. The van der Waals surface area contributed by atoms with Gasteiger partial charge in [0, 0.05) is 32.4 Å². The lowest BCUT2D eigenvalue weighted by Gasteiger charge is -2.35.